The molecule has 0 saturated carbocycles. The second-order valence-corrected chi connectivity index (χ2v) is 10.1. The Bertz CT molecular complexity index is 1140. The molecule has 2 bridgehead atoms. The molecule has 1 unspecified atom stereocenters. The fraction of sp³-hybridized carbons (Fsp3) is 0.310. The van der Waals surface area contributed by atoms with E-state index in [2.05, 4.69) is 69.5 Å². The molecule has 0 heterocycles. The van der Waals surface area contributed by atoms with Gasteiger partial charge in [-0.3, -0.25) is 9.59 Å². The highest BCUT2D eigenvalue weighted by atomic mass is 16.1. The molecule has 0 amide bonds. The van der Waals surface area contributed by atoms with E-state index < -0.39 is 0 Å². The van der Waals surface area contributed by atoms with Gasteiger partial charge in [0.1, 0.15) is 0 Å². The van der Waals surface area contributed by atoms with Crippen LogP contribution in [0.15, 0.2) is 90.1 Å². The van der Waals surface area contributed by atoms with Gasteiger partial charge in [-0.1, -0.05) is 101 Å². The van der Waals surface area contributed by atoms with Crippen LogP contribution in [-0.4, -0.2) is 18.1 Å². The molecule has 1 aromatic rings. The average Bonchev–Trinajstić information content (AvgIpc) is 2.92. The highest BCUT2D eigenvalue weighted by molar-refractivity contribution is 6.20. The Morgan fingerprint density at radius 3 is 2.56 bits per heavy atom. The normalized spacial score (nSPS) is 25.8. The van der Waals surface area contributed by atoms with Crippen LogP contribution in [0.25, 0.3) is 0 Å². The fourth-order valence-electron chi connectivity index (χ4n) is 4.38. The van der Waals surface area contributed by atoms with Crippen molar-refractivity contribution in [2.24, 2.45) is 16.7 Å². The van der Waals surface area contributed by atoms with Gasteiger partial charge in [-0.05, 0) is 23.6 Å². The van der Waals surface area contributed by atoms with Gasteiger partial charge in [-0.2, -0.15) is 0 Å². The van der Waals surface area contributed by atoms with E-state index in [0.29, 0.717) is 35.4 Å². The summed E-state index contributed by atoms with van der Waals surface area (Å²) in [5, 5.41) is 3.43. The van der Waals surface area contributed by atoms with Crippen molar-refractivity contribution in [2.45, 2.75) is 34.1 Å². The molecule has 3 aliphatic carbocycles. The molecule has 3 aliphatic rings. The van der Waals surface area contributed by atoms with Crippen molar-refractivity contribution in [3.63, 3.8) is 0 Å². The maximum Gasteiger partial charge on any atom is 0.189 e. The first kappa shape index (κ1) is 22.0. The first-order chi connectivity index (χ1) is 15.2. The Hall–Kier alpha value is -3.20. The van der Waals surface area contributed by atoms with Gasteiger partial charge in [-0.15, -0.1) is 0 Å². The third kappa shape index (κ3) is 4.67. The summed E-state index contributed by atoms with van der Waals surface area (Å²) >= 11 is 0. The summed E-state index contributed by atoms with van der Waals surface area (Å²) in [6.45, 7) is 9.06. The van der Waals surface area contributed by atoms with E-state index in [4.69, 9.17) is 0 Å². The summed E-state index contributed by atoms with van der Waals surface area (Å²) in [6, 6.07) is 5.54. The summed E-state index contributed by atoms with van der Waals surface area (Å²) in [5.41, 5.74) is 3.31. The third-order valence-corrected chi connectivity index (χ3v) is 6.20. The molecule has 0 aromatic heterocycles. The Labute approximate surface area is 191 Å². The van der Waals surface area contributed by atoms with Crippen LogP contribution in [0.1, 0.15) is 54.8 Å². The van der Waals surface area contributed by atoms with Crippen molar-refractivity contribution in [1.82, 2.24) is 0 Å². The predicted octanol–water partition coefficient (Wildman–Crippen LogP) is 6.64. The van der Waals surface area contributed by atoms with Crippen molar-refractivity contribution in [1.29, 1.82) is 0 Å². The summed E-state index contributed by atoms with van der Waals surface area (Å²) in [7, 11) is 0. The number of carbonyl (C=O) groups excluding carboxylic acids is 2. The SMILES string of the molecule is CC1(C)C=CC=C(CNc2cccc3c2C(=O)C2C=C/C=C\C(C)(C)/C=C(\C2)C3=O)C=C1. The minimum Gasteiger partial charge on any atom is -0.380 e. The van der Waals surface area contributed by atoms with Crippen LogP contribution in [-0.2, 0) is 0 Å². The molecule has 1 atom stereocenters. The molecule has 3 nitrogen and oxygen atoms in total. The van der Waals surface area contributed by atoms with Crippen molar-refractivity contribution >= 4 is 17.3 Å². The predicted molar refractivity (Wildman–Crippen MR) is 132 cm³/mol. The molecule has 1 N–H and O–H groups in total. The van der Waals surface area contributed by atoms with Gasteiger partial charge in [-0.25, -0.2) is 0 Å². The van der Waals surface area contributed by atoms with Crippen LogP contribution < -0.4 is 5.32 Å². The van der Waals surface area contributed by atoms with E-state index in [1.165, 1.54) is 0 Å². The topological polar surface area (TPSA) is 46.2 Å². The lowest BCUT2D eigenvalue weighted by molar-refractivity contribution is 0.0947. The fourth-order valence-corrected chi connectivity index (χ4v) is 4.38. The lowest BCUT2D eigenvalue weighted by Gasteiger charge is -2.17. The molecule has 0 fully saturated rings. The van der Waals surface area contributed by atoms with Crippen molar-refractivity contribution in [3.8, 4) is 0 Å². The minimum atomic E-state index is -0.353. The molecule has 164 valence electrons. The highest BCUT2D eigenvalue weighted by Gasteiger charge is 2.34. The molecule has 3 heteroatoms. The summed E-state index contributed by atoms with van der Waals surface area (Å²) < 4.78 is 0. The smallest absolute Gasteiger partial charge is 0.189 e. The molecule has 4 rings (SSSR count). The Balaban J connectivity index is 1.71. The number of allylic oxidation sites excluding steroid dienone is 10. The monoisotopic (exact) mass is 425 g/mol. The Morgan fingerprint density at radius 2 is 1.75 bits per heavy atom. The number of hydrogen-bond acceptors (Lipinski definition) is 3. The summed E-state index contributed by atoms with van der Waals surface area (Å²) in [5.74, 6) is -0.404. The molecule has 0 spiro atoms. The first-order valence-electron chi connectivity index (χ1n) is 11.3. The van der Waals surface area contributed by atoms with Gasteiger partial charge < -0.3 is 5.32 Å². The third-order valence-electron chi connectivity index (χ3n) is 6.20. The quantitative estimate of drug-likeness (QED) is 0.590. The van der Waals surface area contributed by atoms with Crippen molar-refractivity contribution in [3.05, 3.63) is 101 Å². The number of carbonyl (C=O) groups is 2. The van der Waals surface area contributed by atoms with E-state index in [-0.39, 0.29) is 28.3 Å². The van der Waals surface area contributed by atoms with E-state index >= 15 is 0 Å². The van der Waals surface area contributed by atoms with Crippen LogP contribution in [0.2, 0.25) is 0 Å². The lowest BCUT2D eigenvalue weighted by Crippen LogP contribution is -2.16. The van der Waals surface area contributed by atoms with Crippen LogP contribution in [0.5, 0.6) is 0 Å². The largest absolute Gasteiger partial charge is 0.380 e. The Kier molecular flexibility index (Phi) is 5.77. The van der Waals surface area contributed by atoms with Gasteiger partial charge in [0, 0.05) is 34.5 Å². The number of Topliss-reactive ketones (excluding diaryl/α,β-unsaturated/α-hetero) is 2. The molecular weight excluding hydrogens is 394 g/mol. The van der Waals surface area contributed by atoms with Gasteiger partial charge in [0.05, 0.1) is 5.56 Å². The van der Waals surface area contributed by atoms with Gasteiger partial charge >= 0.3 is 0 Å². The van der Waals surface area contributed by atoms with Gasteiger partial charge in [0.2, 0.25) is 0 Å². The number of benzene rings is 1. The van der Waals surface area contributed by atoms with Gasteiger partial charge in [0.15, 0.2) is 11.6 Å². The standard InChI is InChI=1S/C29H31NO2/c1-28(2)15-8-9-20(13-16-28)19-30-24-12-7-11-23-25(24)27(32)21-10-5-6-14-29(3,4)18-22(17-21)26(23)31/h5-16,18,21,30H,17,19H2,1-4H3/b10-5?,14-6-,22-18+. The van der Waals surface area contributed by atoms with Gasteiger partial charge in [0.25, 0.3) is 0 Å². The van der Waals surface area contributed by atoms with E-state index in [1.807, 2.05) is 36.4 Å². The van der Waals surface area contributed by atoms with E-state index in [0.717, 1.165) is 5.57 Å². The molecular formula is C29H31NO2. The van der Waals surface area contributed by atoms with E-state index in [1.54, 1.807) is 6.07 Å². The van der Waals surface area contributed by atoms with Crippen molar-refractivity contribution < 1.29 is 9.59 Å². The maximum absolute atomic E-state index is 13.6. The zero-order valence-electron chi connectivity index (χ0n) is 19.3. The number of ketones is 2. The van der Waals surface area contributed by atoms with Crippen LogP contribution in [0, 0.1) is 16.7 Å². The van der Waals surface area contributed by atoms with Crippen LogP contribution in [0.4, 0.5) is 5.69 Å². The number of rotatable bonds is 3. The zero-order chi connectivity index (χ0) is 22.9. The lowest BCUT2D eigenvalue weighted by atomic mass is 9.87. The summed E-state index contributed by atoms with van der Waals surface area (Å²) in [4.78, 5) is 27.1. The zero-order valence-corrected chi connectivity index (χ0v) is 19.3. The maximum atomic E-state index is 13.6. The number of fused-ring (bicyclic) bond motifs is 3. The molecule has 0 aliphatic heterocycles. The van der Waals surface area contributed by atoms with Crippen LogP contribution >= 0.6 is 0 Å². The molecule has 32 heavy (non-hydrogen) atoms. The van der Waals surface area contributed by atoms with Crippen molar-refractivity contribution in [2.75, 3.05) is 11.9 Å². The first-order valence-corrected chi connectivity index (χ1v) is 11.3. The molecule has 0 saturated heterocycles. The number of hydrogen-bond donors (Lipinski definition) is 1. The minimum absolute atomic E-state index is 0.00405. The molecule has 1 aromatic carbocycles. The second kappa shape index (κ2) is 8.38. The van der Waals surface area contributed by atoms with Crippen LogP contribution in [0.3, 0.4) is 0 Å². The number of anilines is 1. The van der Waals surface area contributed by atoms with E-state index in [9.17, 15) is 9.59 Å². The Morgan fingerprint density at radius 1 is 0.969 bits per heavy atom. The summed E-state index contributed by atoms with van der Waals surface area (Å²) in [6.07, 6.45) is 21.0. The molecule has 0 radical (unpaired) electrons. The second-order valence-electron chi connectivity index (χ2n) is 10.1. The average molecular weight is 426 g/mol. The number of nitrogens with one attached hydrogen (secondary N) is 1. The highest BCUT2D eigenvalue weighted by Crippen LogP contribution is 2.36.